The second-order valence-corrected chi connectivity index (χ2v) is 5.51. The lowest BCUT2D eigenvalue weighted by Gasteiger charge is -2.09. The molecule has 0 aliphatic heterocycles. The summed E-state index contributed by atoms with van der Waals surface area (Å²) in [7, 11) is 0. The van der Waals surface area contributed by atoms with Gasteiger partial charge in [0.2, 0.25) is 0 Å². The van der Waals surface area contributed by atoms with Gasteiger partial charge in [-0.3, -0.25) is 4.79 Å². The molecule has 3 aromatic rings. The summed E-state index contributed by atoms with van der Waals surface area (Å²) in [6.45, 7) is 0. The van der Waals surface area contributed by atoms with Crippen molar-refractivity contribution >= 4 is 39.1 Å². The molecule has 3 nitrogen and oxygen atoms in total. The first-order valence-corrected chi connectivity index (χ1v) is 6.97. The van der Waals surface area contributed by atoms with E-state index in [1.54, 1.807) is 30.3 Å². The molecule has 0 atom stereocenters. The fraction of sp³-hybridized carbons (Fsp3) is 0. The van der Waals surface area contributed by atoms with Crippen molar-refractivity contribution in [3.63, 3.8) is 0 Å². The van der Waals surface area contributed by atoms with Gasteiger partial charge in [-0.05, 0) is 42.5 Å². The third kappa shape index (κ3) is 2.10. The van der Waals surface area contributed by atoms with Crippen LogP contribution in [-0.4, -0.2) is 9.55 Å². The third-order valence-electron chi connectivity index (χ3n) is 2.95. The van der Waals surface area contributed by atoms with Crippen LogP contribution >= 0.6 is 28.1 Å². The minimum Gasteiger partial charge on any atom is -0.331 e. The van der Waals surface area contributed by atoms with Crippen molar-refractivity contribution < 1.29 is 4.39 Å². The van der Waals surface area contributed by atoms with Crippen LogP contribution in [0.1, 0.15) is 0 Å². The SMILES string of the molecule is O=c1c2cc(Br)ccc2[nH]c(=S)n1-c1ccccc1F. The van der Waals surface area contributed by atoms with Gasteiger partial charge in [-0.2, -0.15) is 0 Å². The Kier molecular flexibility index (Phi) is 3.27. The molecule has 0 saturated carbocycles. The van der Waals surface area contributed by atoms with E-state index in [4.69, 9.17) is 12.2 Å². The van der Waals surface area contributed by atoms with E-state index in [2.05, 4.69) is 20.9 Å². The van der Waals surface area contributed by atoms with Crippen molar-refractivity contribution in [1.29, 1.82) is 0 Å². The normalized spacial score (nSPS) is 10.9. The van der Waals surface area contributed by atoms with E-state index < -0.39 is 5.82 Å². The van der Waals surface area contributed by atoms with Crippen molar-refractivity contribution in [3.8, 4) is 5.69 Å². The van der Waals surface area contributed by atoms with E-state index in [-0.39, 0.29) is 16.0 Å². The van der Waals surface area contributed by atoms with Crippen LogP contribution in [0.3, 0.4) is 0 Å². The van der Waals surface area contributed by atoms with Crippen molar-refractivity contribution in [1.82, 2.24) is 9.55 Å². The van der Waals surface area contributed by atoms with Crippen molar-refractivity contribution in [2.45, 2.75) is 0 Å². The average Bonchev–Trinajstić information content (AvgIpc) is 2.42. The van der Waals surface area contributed by atoms with Gasteiger partial charge in [0, 0.05) is 4.47 Å². The van der Waals surface area contributed by atoms with Gasteiger partial charge in [0.1, 0.15) is 5.82 Å². The zero-order valence-corrected chi connectivity index (χ0v) is 12.5. The topological polar surface area (TPSA) is 37.8 Å². The first-order valence-electron chi connectivity index (χ1n) is 5.77. The van der Waals surface area contributed by atoms with E-state index >= 15 is 0 Å². The monoisotopic (exact) mass is 350 g/mol. The van der Waals surface area contributed by atoms with E-state index in [0.717, 1.165) is 4.47 Å². The number of hydrogen-bond donors (Lipinski definition) is 1. The Labute approximate surface area is 126 Å². The maximum absolute atomic E-state index is 13.9. The largest absolute Gasteiger partial charge is 0.331 e. The number of aromatic nitrogens is 2. The van der Waals surface area contributed by atoms with Gasteiger partial charge < -0.3 is 4.98 Å². The molecule has 0 aliphatic rings. The number of rotatable bonds is 1. The van der Waals surface area contributed by atoms with E-state index in [0.29, 0.717) is 10.9 Å². The maximum Gasteiger partial charge on any atom is 0.266 e. The molecule has 1 N–H and O–H groups in total. The highest BCUT2D eigenvalue weighted by Crippen LogP contribution is 2.17. The number of nitrogens with one attached hydrogen (secondary N) is 1. The standard InChI is InChI=1S/C14H8BrFN2OS/c15-8-5-6-11-9(7-8)13(19)18(14(20)17-11)12-4-2-1-3-10(12)16/h1-7H,(H,17,20). The minimum absolute atomic E-state index is 0.139. The summed E-state index contributed by atoms with van der Waals surface area (Å²) in [4.78, 5) is 15.5. The predicted molar refractivity (Wildman–Crippen MR) is 82.4 cm³/mol. The molecule has 0 saturated heterocycles. The number of halogens is 2. The van der Waals surface area contributed by atoms with Crippen molar-refractivity contribution in [2.75, 3.05) is 0 Å². The summed E-state index contributed by atoms with van der Waals surface area (Å²) >= 11 is 8.49. The van der Waals surface area contributed by atoms with Crippen molar-refractivity contribution in [2.24, 2.45) is 0 Å². The maximum atomic E-state index is 13.9. The molecule has 2 aromatic carbocycles. The zero-order chi connectivity index (χ0) is 14.3. The van der Waals surface area contributed by atoms with Crippen LogP contribution in [0.4, 0.5) is 4.39 Å². The molecule has 20 heavy (non-hydrogen) atoms. The molecule has 1 heterocycles. The Hall–Kier alpha value is -1.79. The lowest BCUT2D eigenvalue weighted by atomic mass is 10.2. The average molecular weight is 351 g/mol. The summed E-state index contributed by atoms with van der Waals surface area (Å²) < 4.78 is 16.0. The van der Waals surface area contributed by atoms with Crippen LogP contribution in [0, 0.1) is 10.6 Å². The van der Waals surface area contributed by atoms with Gasteiger partial charge in [0.15, 0.2) is 4.77 Å². The van der Waals surface area contributed by atoms with E-state index in [9.17, 15) is 9.18 Å². The molecule has 3 rings (SSSR count). The highest BCUT2D eigenvalue weighted by molar-refractivity contribution is 9.10. The molecule has 100 valence electrons. The summed E-state index contributed by atoms with van der Waals surface area (Å²) in [6, 6.07) is 11.3. The molecule has 0 radical (unpaired) electrons. The molecule has 1 aromatic heterocycles. The summed E-state index contributed by atoms with van der Waals surface area (Å²) in [5.74, 6) is -0.497. The number of aromatic amines is 1. The lowest BCUT2D eigenvalue weighted by Crippen LogP contribution is -2.21. The molecule has 6 heteroatoms. The Morgan fingerprint density at radius 3 is 2.70 bits per heavy atom. The van der Waals surface area contributed by atoms with Gasteiger partial charge in [0.25, 0.3) is 5.56 Å². The Morgan fingerprint density at radius 1 is 1.20 bits per heavy atom. The molecular weight excluding hydrogens is 343 g/mol. The molecular formula is C14H8BrFN2OS. The first-order chi connectivity index (χ1) is 9.58. The van der Waals surface area contributed by atoms with Gasteiger partial charge in [-0.15, -0.1) is 0 Å². The second kappa shape index (κ2) is 4.96. The third-order valence-corrected chi connectivity index (χ3v) is 3.73. The number of nitrogens with zero attached hydrogens (tertiary/aromatic N) is 1. The zero-order valence-electron chi connectivity index (χ0n) is 10.1. The second-order valence-electron chi connectivity index (χ2n) is 4.21. The summed E-state index contributed by atoms with van der Waals surface area (Å²) in [5, 5.41) is 0.441. The Bertz CT molecular complexity index is 932. The number of benzene rings is 2. The van der Waals surface area contributed by atoms with Crippen molar-refractivity contribution in [3.05, 3.63) is 67.9 Å². The summed E-state index contributed by atoms with van der Waals surface area (Å²) in [5.41, 5.74) is 0.409. The van der Waals surface area contributed by atoms with Crippen LogP contribution in [0.5, 0.6) is 0 Å². The number of hydrogen-bond acceptors (Lipinski definition) is 2. The number of para-hydroxylation sites is 1. The fourth-order valence-electron chi connectivity index (χ4n) is 2.04. The van der Waals surface area contributed by atoms with Gasteiger partial charge in [-0.1, -0.05) is 28.1 Å². The fourth-order valence-corrected chi connectivity index (χ4v) is 2.69. The van der Waals surface area contributed by atoms with Crippen LogP contribution in [0.25, 0.3) is 16.6 Å². The Morgan fingerprint density at radius 2 is 1.95 bits per heavy atom. The molecule has 0 aliphatic carbocycles. The summed E-state index contributed by atoms with van der Waals surface area (Å²) in [6.07, 6.45) is 0. The molecule has 0 unspecified atom stereocenters. The lowest BCUT2D eigenvalue weighted by molar-refractivity contribution is 0.615. The predicted octanol–water partition coefficient (Wildman–Crippen LogP) is 3.95. The highest BCUT2D eigenvalue weighted by Gasteiger charge is 2.11. The van der Waals surface area contributed by atoms with E-state index in [1.807, 2.05) is 0 Å². The molecule has 0 amide bonds. The quantitative estimate of drug-likeness (QED) is 0.674. The molecule has 0 bridgehead atoms. The van der Waals surface area contributed by atoms with Gasteiger partial charge >= 0.3 is 0 Å². The Balaban J connectivity index is 2.46. The van der Waals surface area contributed by atoms with Crippen LogP contribution < -0.4 is 5.56 Å². The van der Waals surface area contributed by atoms with Crippen LogP contribution in [0.15, 0.2) is 51.7 Å². The van der Waals surface area contributed by atoms with E-state index in [1.165, 1.54) is 16.7 Å². The van der Waals surface area contributed by atoms with Gasteiger partial charge in [0.05, 0.1) is 16.6 Å². The minimum atomic E-state index is -0.497. The first kappa shape index (κ1) is 13.2. The van der Waals surface area contributed by atoms with Gasteiger partial charge in [-0.25, -0.2) is 8.96 Å². The number of H-pyrrole nitrogens is 1. The number of fused-ring (bicyclic) bond motifs is 1. The highest BCUT2D eigenvalue weighted by atomic mass is 79.9. The molecule has 0 fully saturated rings. The smallest absolute Gasteiger partial charge is 0.266 e. The van der Waals surface area contributed by atoms with Crippen LogP contribution in [-0.2, 0) is 0 Å². The van der Waals surface area contributed by atoms with Crippen LogP contribution in [0.2, 0.25) is 0 Å². The molecule has 0 spiro atoms.